The molecule has 0 atom stereocenters. The highest BCUT2D eigenvalue weighted by molar-refractivity contribution is 6.45. The smallest absolute Gasteiger partial charge is 0.270 e. The number of likely N-dealkylation sites (tertiary alicyclic amines) is 2. The molecule has 0 unspecified atom stereocenters. The van der Waals surface area contributed by atoms with Crippen LogP contribution in [0, 0.1) is 5.41 Å². The third kappa shape index (κ3) is 8.17. The summed E-state index contributed by atoms with van der Waals surface area (Å²) in [6.45, 7) is 12.8. The monoisotopic (exact) mass is 499 g/mol. The molecule has 0 aliphatic carbocycles. The van der Waals surface area contributed by atoms with Gasteiger partial charge in [-0.05, 0) is 63.7 Å². The zero-order valence-electron chi connectivity index (χ0n) is 22.9. The second kappa shape index (κ2) is 15.2. The van der Waals surface area contributed by atoms with E-state index < -0.39 is 0 Å². The Bertz CT molecular complexity index is 808. The number of carbonyl (C=O) groups is 1. The van der Waals surface area contributed by atoms with E-state index in [1.807, 2.05) is 33.0 Å². The molecule has 1 aromatic rings. The first-order valence-electron chi connectivity index (χ1n) is 14.4. The molecule has 3 aliphatic rings. The molecule has 3 fully saturated rings. The lowest BCUT2D eigenvalue weighted by Gasteiger charge is -2.34. The number of hydrogen-bond donors (Lipinski definition) is 3. The molecule has 8 heteroatoms. The Morgan fingerprint density at radius 1 is 0.889 bits per heavy atom. The van der Waals surface area contributed by atoms with Crippen molar-refractivity contribution in [3.63, 3.8) is 0 Å². The maximum Gasteiger partial charge on any atom is 0.270 e. The van der Waals surface area contributed by atoms with Crippen LogP contribution in [0.25, 0.3) is 0 Å². The number of aromatic nitrogens is 1. The maximum absolute atomic E-state index is 12.9. The summed E-state index contributed by atoms with van der Waals surface area (Å²) in [5.41, 5.74) is 0.560. The Labute approximate surface area is 218 Å². The van der Waals surface area contributed by atoms with E-state index in [4.69, 9.17) is 10.4 Å². The van der Waals surface area contributed by atoms with Crippen LogP contribution < -0.4 is 15.5 Å². The zero-order valence-corrected chi connectivity index (χ0v) is 22.9. The molecule has 0 radical (unpaired) electrons. The summed E-state index contributed by atoms with van der Waals surface area (Å²) in [6.07, 6.45) is 10.9. The molecule has 0 saturated carbocycles. The molecule has 4 heterocycles. The minimum atomic E-state index is -0.299. The number of pyridine rings is 1. The van der Waals surface area contributed by atoms with Gasteiger partial charge in [0.25, 0.3) is 5.91 Å². The van der Waals surface area contributed by atoms with Gasteiger partial charge in [-0.25, -0.2) is 4.98 Å². The minimum Gasteiger partial charge on any atom is -0.373 e. The summed E-state index contributed by atoms with van der Waals surface area (Å²) >= 11 is 0. The fourth-order valence-electron chi connectivity index (χ4n) is 5.46. The van der Waals surface area contributed by atoms with Crippen LogP contribution >= 0.6 is 0 Å². The lowest BCUT2D eigenvalue weighted by molar-refractivity contribution is -0.115. The number of piperidine rings is 2. The van der Waals surface area contributed by atoms with Crippen molar-refractivity contribution in [2.24, 2.45) is 0 Å². The quantitative estimate of drug-likeness (QED) is 0.469. The molecular weight excluding hydrogens is 450 g/mol. The van der Waals surface area contributed by atoms with Crippen molar-refractivity contribution in [3.8, 4) is 0 Å². The highest BCUT2D eigenvalue weighted by Gasteiger charge is 2.25. The van der Waals surface area contributed by atoms with Crippen LogP contribution in [0.15, 0.2) is 12.1 Å². The van der Waals surface area contributed by atoms with Gasteiger partial charge >= 0.3 is 0 Å². The van der Waals surface area contributed by atoms with Gasteiger partial charge < -0.3 is 25.3 Å². The van der Waals surface area contributed by atoms with Crippen LogP contribution in [0.2, 0.25) is 0 Å². The number of nitrogens with one attached hydrogen (secondary N) is 3. The van der Waals surface area contributed by atoms with E-state index in [2.05, 4.69) is 25.3 Å². The van der Waals surface area contributed by atoms with Gasteiger partial charge in [-0.3, -0.25) is 10.2 Å². The molecule has 3 aliphatic heterocycles. The highest BCUT2D eigenvalue weighted by Crippen LogP contribution is 2.23. The third-order valence-electron chi connectivity index (χ3n) is 7.65. The normalized spacial score (nSPS) is 20.1. The number of carbonyl (C=O) groups excluding carboxylic acids is 1. The fourth-order valence-corrected chi connectivity index (χ4v) is 5.46. The molecule has 1 amide bonds. The molecule has 202 valence electrons. The summed E-state index contributed by atoms with van der Waals surface area (Å²) in [7, 11) is 1.81. The van der Waals surface area contributed by atoms with E-state index in [0.29, 0.717) is 11.4 Å². The van der Waals surface area contributed by atoms with E-state index in [0.717, 1.165) is 57.9 Å². The van der Waals surface area contributed by atoms with E-state index in [1.54, 1.807) is 0 Å². The predicted molar refractivity (Wildman–Crippen MR) is 151 cm³/mol. The summed E-state index contributed by atoms with van der Waals surface area (Å²) < 4.78 is 0. The van der Waals surface area contributed by atoms with Gasteiger partial charge in [0.05, 0.1) is 0 Å². The lowest BCUT2D eigenvalue weighted by atomic mass is 10.0. The van der Waals surface area contributed by atoms with Crippen LogP contribution in [0.1, 0.15) is 77.2 Å². The first-order valence-corrected chi connectivity index (χ1v) is 14.4. The van der Waals surface area contributed by atoms with Gasteiger partial charge in [-0.2, -0.15) is 0 Å². The second-order valence-corrected chi connectivity index (χ2v) is 10.1. The Morgan fingerprint density at radius 2 is 1.44 bits per heavy atom. The standard InChI is InChI=1S/C26H43N7O.C2H6/c1-28-25-22(9-10-23(30-25)33-15-7-2-3-8-16-33)24(27)26(34)29-21-11-17-32(18-12-21)20-19-31-13-5-4-6-14-31;1-2/h9-10,21,27H,2-8,11-20H2,1H3,(H,28,30)(H,29,34);1-2H3. The van der Waals surface area contributed by atoms with Crippen LogP contribution in [-0.2, 0) is 4.79 Å². The Morgan fingerprint density at radius 3 is 2.06 bits per heavy atom. The van der Waals surface area contributed by atoms with Gasteiger partial charge in [0.2, 0.25) is 0 Å². The van der Waals surface area contributed by atoms with E-state index in [1.165, 1.54) is 58.0 Å². The Hall–Kier alpha value is -2.19. The van der Waals surface area contributed by atoms with Crippen molar-refractivity contribution in [1.82, 2.24) is 20.1 Å². The van der Waals surface area contributed by atoms with Crippen molar-refractivity contribution >= 4 is 23.3 Å². The van der Waals surface area contributed by atoms with Crippen molar-refractivity contribution in [2.75, 3.05) is 69.6 Å². The molecule has 0 aromatic carbocycles. The van der Waals surface area contributed by atoms with E-state index in [9.17, 15) is 4.79 Å². The number of nitrogens with zero attached hydrogens (tertiary/aromatic N) is 4. The molecular formula is C28H49N7O. The average molecular weight is 500 g/mol. The van der Waals surface area contributed by atoms with Gasteiger partial charge in [-0.1, -0.05) is 33.1 Å². The molecule has 36 heavy (non-hydrogen) atoms. The largest absolute Gasteiger partial charge is 0.373 e. The summed E-state index contributed by atoms with van der Waals surface area (Å²) in [4.78, 5) is 25.1. The summed E-state index contributed by atoms with van der Waals surface area (Å²) in [6, 6.07) is 3.98. The van der Waals surface area contributed by atoms with Crippen molar-refractivity contribution in [3.05, 3.63) is 17.7 Å². The van der Waals surface area contributed by atoms with Gasteiger partial charge in [0.15, 0.2) is 0 Å². The van der Waals surface area contributed by atoms with Crippen LogP contribution in [0.3, 0.4) is 0 Å². The average Bonchev–Trinajstić information content (AvgIpc) is 3.23. The summed E-state index contributed by atoms with van der Waals surface area (Å²) in [5, 5.41) is 14.8. The highest BCUT2D eigenvalue weighted by atomic mass is 16.1. The number of anilines is 2. The molecule has 3 saturated heterocycles. The van der Waals surface area contributed by atoms with Gasteiger partial charge in [-0.15, -0.1) is 0 Å². The first-order chi connectivity index (χ1) is 17.6. The summed E-state index contributed by atoms with van der Waals surface area (Å²) in [5.74, 6) is 1.24. The fraction of sp³-hybridized carbons (Fsp3) is 0.750. The third-order valence-corrected chi connectivity index (χ3v) is 7.65. The van der Waals surface area contributed by atoms with Gasteiger partial charge in [0.1, 0.15) is 17.3 Å². The van der Waals surface area contributed by atoms with Crippen molar-refractivity contribution in [1.29, 1.82) is 5.41 Å². The molecule has 0 bridgehead atoms. The molecule has 4 rings (SSSR count). The molecule has 1 aromatic heterocycles. The predicted octanol–water partition coefficient (Wildman–Crippen LogP) is 3.96. The van der Waals surface area contributed by atoms with Crippen LogP contribution in [0.4, 0.5) is 11.6 Å². The molecule has 8 nitrogen and oxygen atoms in total. The number of rotatable bonds is 8. The maximum atomic E-state index is 12.9. The first kappa shape index (κ1) is 28.4. The van der Waals surface area contributed by atoms with Crippen LogP contribution in [-0.4, -0.2) is 91.9 Å². The molecule has 3 N–H and O–H groups in total. The topological polar surface area (TPSA) is 87.6 Å². The number of hydrogen-bond acceptors (Lipinski definition) is 7. The van der Waals surface area contributed by atoms with Crippen LogP contribution in [0.5, 0.6) is 0 Å². The van der Waals surface area contributed by atoms with Gasteiger partial charge in [0, 0.05) is 57.9 Å². The van der Waals surface area contributed by atoms with E-state index >= 15 is 0 Å². The Balaban J connectivity index is 0.00000176. The lowest BCUT2D eigenvalue weighted by Crippen LogP contribution is -2.48. The van der Waals surface area contributed by atoms with E-state index in [-0.39, 0.29) is 17.7 Å². The van der Waals surface area contributed by atoms with Crippen molar-refractivity contribution in [2.45, 2.75) is 77.7 Å². The SMILES string of the molecule is CC.CNc1nc(N2CCCCCC2)ccc1C(=N)C(=O)NC1CCN(CCN2CCCCC2)CC1. The minimum absolute atomic E-state index is 0.00760. The van der Waals surface area contributed by atoms with Crippen molar-refractivity contribution < 1.29 is 4.79 Å². The Kier molecular flexibility index (Phi) is 11.9. The molecule has 0 spiro atoms. The zero-order chi connectivity index (χ0) is 25.8. The number of amides is 1. The second-order valence-electron chi connectivity index (χ2n) is 10.1.